The van der Waals surface area contributed by atoms with Gasteiger partial charge in [0.25, 0.3) is 5.91 Å². The van der Waals surface area contributed by atoms with Crippen molar-refractivity contribution < 1.29 is 9.53 Å². The van der Waals surface area contributed by atoms with E-state index >= 15 is 0 Å². The van der Waals surface area contributed by atoms with Crippen LogP contribution in [0.2, 0.25) is 0 Å². The summed E-state index contributed by atoms with van der Waals surface area (Å²) in [6.07, 6.45) is 5.30. The molecule has 0 unspecified atom stereocenters. The highest BCUT2D eigenvalue weighted by atomic mass is 32.1. The van der Waals surface area contributed by atoms with E-state index in [0.717, 1.165) is 26.9 Å². The molecule has 0 radical (unpaired) electrons. The van der Waals surface area contributed by atoms with Gasteiger partial charge in [-0.25, -0.2) is 4.98 Å². The number of pyridine rings is 1. The number of carbonyl (C=O) groups is 1. The number of aromatic nitrogens is 4. The van der Waals surface area contributed by atoms with E-state index in [-0.39, 0.29) is 5.91 Å². The van der Waals surface area contributed by atoms with E-state index in [1.54, 1.807) is 36.1 Å². The van der Waals surface area contributed by atoms with Gasteiger partial charge < -0.3 is 4.74 Å². The lowest BCUT2D eigenvalue weighted by Gasteiger charge is -2.19. The Morgan fingerprint density at radius 2 is 2.07 bits per heavy atom. The molecule has 0 aliphatic heterocycles. The smallest absolute Gasteiger partial charge is 0.281 e. The number of aryl methyl sites for hydroxylation is 3. The number of fused-ring (bicyclic) bond motifs is 1. The fourth-order valence-corrected chi connectivity index (χ4v) is 4.27. The highest BCUT2D eigenvalue weighted by Crippen LogP contribution is 2.37. The molecule has 8 heteroatoms. The first-order valence-corrected chi connectivity index (χ1v) is 9.94. The van der Waals surface area contributed by atoms with Crippen molar-refractivity contribution in [2.45, 2.75) is 20.4 Å². The van der Waals surface area contributed by atoms with Crippen molar-refractivity contribution in [2.75, 3.05) is 12.0 Å². The summed E-state index contributed by atoms with van der Waals surface area (Å²) in [4.78, 5) is 24.1. The van der Waals surface area contributed by atoms with Crippen LogP contribution >= 0.6 is 11.3 Å². The summed E-state index contributed by atoms with van der Waals surface area (Å²) >= 11 is 1.48. The van der Waals surface area contributed by atoms with Crippen molar-refractivity contribution >= 4 is 32.6 Å². The van der Waals surface area contributed by atoms with Crippen LogP contribution < -0.4 is 9.64 Å². The van der Waals surface area contributed by atoms with Crippen LogP contribution in [0.5, 0.6) is 5.75 Å². The maximum Gasteiger partial charge on any atom is 0.281 e. The molecule has 148 valence electrons. The first-order chi connectivity index (χ1) is 14.0. The van der Waals surface area contributed by atoms with Crippen molar-refractivity contribution in [3.63, 3.8) is 0 Å². The van der Waals surface area contributed by atoms with Gasteiger partial charge in [-0.3, -0.25) is 19.4 Å². The lowest BCUT2D eigenvalue weighted by Crippen LogP contribution is -2.31. The third-order valence-corrected chi connectivity index (χ3v) is 5.88. The van der Waals surface area contributed by atoms with Gasteiger partial charge in [-0.05, 0) is 37.1 Å². The molecule has 0 aliphatic carbocycles. The molecule has 0 saturated heterocycles. The van der Waals surface area contributed by atoms with Crippen LogP contribution in [0.3, 0.4) is 0 Å². The van der Waals surface area contributed by atoms with E-state index in [0.29, 0.717) is 23.1 Å². The molecule has 3 heterocycles. The Balaban J connectivity index is 1.84. The average Bonchev–Trinajstić information content (AvgIpc) is 3.30. The molecule has 29 heavy (non-hydrogen) atoms. The fraction of sp³-hybridized carbons (Fsp3) is 0.238. The summed E-state index contributed by atoms with van der Waals surface area (Å²) in [5, 5.41) is 4.97. The van der Waals surface area contributed by atoms with Crippen molar-refractivity contribution in [3.05, 3.63) is 65.2 Å². The Morgan fingerprint density at radius 3 is 2.72 bits per heavy atom. The van der Waals surface area contributed by atoms with Gasteiger partial charge in [-0.2, -0.15) is 5.10 Å². The minimum absolute atomic E-state index is 0.192. The Bertz CT molecular complexity index is 1180. The van der Waals surface area contributed by atoms with Crippen molar-refractivity contribution in [1.82, 2.24) is 19.7 Å². The molecule has 0 atom stereocenters. The van der Waals surface area contributed by atoms with E-state index in [1.165, 1.54) is 11.3 Å². The summed E-state index contributed by atoms with van der Waals surface area (Å²) < 4.78 is 8.13. The van der Waals surface area contributed by atoms with Crippen molar-refractivity contribution in [3.8, 4) is 5.75 Å². The third kappa shape index (κ3) is 3.58. The minimum atomic E-state index is -0.192. The molecule has 7 nitrogen and oxygen atoms in total. The molecule has 0 bridgehead atoms. The SMILES string of the molecule is COc1ccc(C)c2sc(N(Cc3cccnc3)C(=O)c3nn(C)cc3C)nc12. The Morgan fingerprint density at radius 1 is 1.24 bits per heavy atom. The van der Waals surface area contributed by atoms with Crippen LogP contribution in [0.25, 0.3) is 10.2 Å². The van der Waals surface area contributed by atoms with Crippen molar-refractivity contribution in [1.29, 1.82) is 0 Å². The summed E-state index contributed by atoms with van der Waals surface area (Å²) in [5.74, 6) is 0.499. The van der Waals surface area contributed by atoms with E-state index in [4.69, 9.17) is 9.72 Å². The largest absolute Gasteiger partial charge is 0.494 e. The van der Waals surface area contributed by atoms with Gasteiger partial charge in [0.05, 0.1) is 18.4 Å². The van der Waals surface area contributed by atoms with E-state index in [1.807, 2.05) is 44.3 Å². The molecular formula is C21H21N5O2S. The number of ether oxygens (including phenoxy) is 1. The number of anilines is 1. The Hall–Kier alpha value is -3.26. The number of amides is 1. The van der Waals surface area contributed by atoms with Gasteiger partial charge in [0.1, 0.15) is 11.3 Å². The molecule has 0 N–H and O–H groups in total. The maximum absolute atomic E-state index is 13.5. The molecule has 0 aliphatic rings. The van der Waals surface area contributed by atoms with E-state index < -0.39 is 0 Å². The van der Waals surface area contributed by atoms with Gasteiger partial charge in [0.2, 0.25) is 0 Å². The zero-order chi connectivity index (χ0) is 20.5. The Labute approximate surface area is 172 Å². The van der Waals surface area contributed by atoms with Crippen molar-refractivity contribution in [2.24, 2.45) is 7.05 Å². The van der Waals surface area contributed by atoms with Gasteiger partial charge in [-0.1, -0.05) is 23.5 Å². The number of rotatable bonds is 5. The monoisotopic (exact) mass is 407 g/mol. The van der Waals surface area contributed by atoms with E-state index in [2.05, 4.69) is 10.1 Å². The molecule has 1 aromatic carbocycles. The second-order valence-electron chi connectivity index (χ2n) is 6.85. The third-order valence-electron chi connectivity index (χ3n) is 4.67. The average molecular weight is 407 g/mol. The second-order valence-corrected chi connectivity index (χ2v) is 7.82. The molecule has 4 rings (SSSR count). The van der Waals surface area contributed by atoms with Crippen LogP contribution in [0.1, 0.15) is 27.2 Å². The second kappa shape index (κ2) is 7.63. The minimum Gasteiger partial charge on any atom is -0.494 e. The normalized spacial score (nSPS) is 11.0. The number of hydrogen-bond donors (Lipinski definition) is 0. The molecule has 0 spiro atoms. The lowest BCUT2D eigenvalue weighted by molar-refractivity contribution is 0.0979. The zero-order valence-electron chi connectivity index (χ0n) is 16.7. The highest BCUT2D eigenvalue weighted by Gasteiger charge is 2.26. The fourth-order valence-electron chi connectivity index (χ4n) is 3.23. The highest BCUT2D eigenvalue weighted by molar-refractivity contribution is 7.22. The van der Waals surface area contributed by atoms with Crippen LogP contribution in [-0.4, -0.2) is 32.8 Å². The standard InChI is InChI=1S/C21H21N5O2S/c1-13-7-8-16(28-4)18-19(13)29-21(23-18)26(12-15-6-5-9-22-10-15)20(27)17-14(2)11-25(3)24-17/h5-11H,12H2,1-4H3. The number of benzene rings is 1. The summed E-state index contributed by atoms with van der Waals surface area (Å²) in [5.41, 5.74) is 4.00. The molecule has 0 fully saturated rings. The zero-order valence-corrected chi connectivity index (χ0v) is 17.5. The maximum atomic E-state index is 13.5. The first-order valence-electron chi connectivity index (χ1n) is 9.13. The number of methoxy groups -OCH3 is 1. The van der Waals surface area contributed by atoms with Gasteiger partial charge in [0.15, 0.2) is 10.8 Å². The number of carbonyl (C=O) groups excluding carboxylic acids is 1. The van der Waals surface area contributed by atoms with Crippen LogP contribution in [-0.2, 0) is 13.6 Å². The molecule has 3 aromatic heterocycles. The van der Waals surface area contributed by atoms with Crippen LogP contribution in [0.4, 0.5) is 5.13 Å². The predicted octanol–water partition coefficient (Wildman–Crippen LogP) is 3.90. The van der Waals surface area contributed by atoms with Crippen LogP contribution in [0.15, 0.2) is 42.9 Å². The number of thiazole rings is 1. The summed E-state index contributed by atoms with van der Waals surface area (Å²) in [6.45, 7) is 4.26. The van der Waals surface area contributed by atoms with Gasteiger partial charge in [0, 0.05) is 31.2 Å². The van der Waals surface area contributed by atoms with Gasteiger partial charge in [-0.15, -0.1) is 0 Å². The molecule has 0 saturated carbocycles. The lowest BCUT2D eigenvalue weighted by atomic mass is 10.2. The van der Waals surface area contributed by atoms with Gasteiger partial charge >= 0.3 is 0 Å². The number of hydrogen-bond acceptors (Lipinski definition) is 6. The first kappa shape index (κ1) is 19.1. The topological polar surface area (TPSA) is 73.1 Å². The Kier molecular flexibility index (Phi) is 5.02. The summed E-state index contributed by atoms with van der Waals surface area (Å²) in [6, 6.07) is 7.70. The van der Waals surface area contributed by atoms with E-state index in [9.17, 15) is 4.79 Å². The number of nitrogens with zero attached hydrogens (tertiary/aromatic N) is 5. The quantitative estimate of drug-likeness (QED) is 0.502. The molecule has 4 aromatic rings. The molecular weight excluding hydrogens is 386 g/mol. The molecule has 1 amide bonds. The van der Waals surface area contributed by atoms with Crippen LogP contribution in [0, 0.1) is 13.8 Å². The predicted molar refractivity (Wildman–Crippen MR) is 114 cm³/mol. The summed E-state index contributed by atoms with van der Waals surface area (Å²) in [7, 11) is 3.43.